The van der Waals surface area contributed by atoms with Crippen LogP contribution in [-0.4, -0.2) is 56.2 Å². The number of esters is 1. The lowest BCUT2D eigenvalue weighted by atomic mass is 10.1. The number of ether oxygens (including phenoxy) is 1. The van der Waals surface area contributed by atoms with Gasteiger partial charge in [0.1, 0.15) is 5.82 Å². The third kappa shape index (κ3) is 3.67. The largest absolute Gasteiger partial charge is 0.469 e. The number of aryl methyl sites for hydroxylation is 1. The van der Waals surface area contributed by atoms with Gasteiger partial charge in [0.2, 0.25) is 0 Å². The molecule has 2 rings (SSSR count). The molecule has 0 aliphatic carbocycles. The lowest BCUT2D eigenvalue weighted by Crippen LogP contribution is -2.45. The fourth-order valence-electron chi connectivity index (χ4n) is 2.27. The van der Waals surface area contributed by atoms with Gasteiger partial charge in [-0.15, -0.1) is 0 Å². The average molecular weight is 263 g/mol. The van der Waals surface area contributed by atoms with Crippen LogP contribution in [0.3, 0.4) is 0 Å². The highest BCUT2D eigenvalue weighted by Crippen LogP contribution is 2.20. The van der Waals surface area contributed by atoms with Crippen molar-refractivity contribution in [2.75, 3.05) is 45.2 Å². The number of anilines is 1. The summed E-state index contributed by atoms with van der Waals surface area (Å²) in [6.07, 6.45) is 2.90. The summed E-state index contributed by atoms with van der Waals surface area (Å²) in [5.41, 5.74) is 1.12. The highest BCUT2D eigenvalue weighted by Gasteiger charge is 2.18. The molecule has 0 amide bonds. The number of nitrogens with zero attached hydrogens (tertiary/aromatic N) is 3. The predicted molar refractivity (Wildman–Crippen MR) is 74.3 cm³/mol. The first kappa shape index (κ1) is 13.8. The molecule has 1 fully saturated rings. The van der Waals surface area contributed by atoms with E-state index in [1.807, 2.05) is 18.3 Å². The number of carbonyl (C=O) groups is 1. The van der Waals surface area contributed by atoms with E-state index in [4.69, 9.17) is 4.74 Å². The molecule has 104 valence electrons. The van der Waals surface area contributed by atoms with Crippen LogP contribution in [0.25, 0.3) is 0 Å². The molecule has 1 aromatic rings. The van der Waals surface area contributed by atoms with Crippen LogP contribution in [0.1, 0.15) is 12.0 Å². The Balaban J connectivity index is 2.05. The van der Waals surface area contributed by atoms with Crippen molar-refractivity contribution in [3.8, 4) is 0 Å². The maximum Gasteiger partial charge on any atom is 0.305 e. The Morgan fingerprint density at radius 2 is 2.11 bits per heavy atom. The molecule has 0 radical (unpaired) electrons. The summed E-state index contributed by atoms with van der Waals surface area (Å²) in [6.45, 7) is 4.07. The van der Waals surface area contributed by atoms with E-state index in [-0.39, 0.29) is 5.97 Å². The molecule has 0 aromatic carbocycles. The molecule has 19 heavy (non-hydrogen) atoms. The van der Waals surface area contributed by atoms with Gasteiger partial charge in [0.15, 0.2) is 0 Å². The summed E-state index contributed by atoms with van der Waals surface area (Å²) < 4.78 is 4.69. The standard InChI is InChI=1S/C14H21N3O2/c1-16-8-10-17(11-9-16)14-12(4-3-7-15-14)5-6-13(18)19-2/h3-4,7H,5-6,8-11H2,1-2H3. The van der Waals surface area contributed by atoms with Gasteiger partial charge in [0.25, 0.3) is 0 Å². The molecule has 0 saturated carbocycles. The Labute approximate surface area is 114 Å². The van der Waals surface area contributed by atoms with Crippen LogP contribution in [0, 0.1) is 0 Å². The minimum atomic E-state index is -0.173. The molecule has 1 aliphatic rings. The van der Waals surface area contributed by atoms with Crippen LogP contribution in [-0.2, 0) is 16.0 Å². The fourth-order valence-corrected chi connectivity index (χ4v) is 2.27. The number of rotatable bonds is 4. The van der Waals surface area contributed by atoms with E-state index in [0.29, 0.717) is 12.8 Å². The first-order valence-electron chi connectivity index (χ1n) is 6.65. The molecular weight excluding hydrogens is 242 g/mol. The molecular formula is C14H21N3O2. The van der Waals surface area contributed by atoms with Gasteiger partial charge in [0, 0.05) is 38.8 Å². The van der Waals surface area contributed by atoms with Crippen LogP contribution in [0.15, 0.2) is 18.3 Å². The SMILES string of the molecule is COC(=O)CCc1cccnc1N1CCN(C)CC1. The number of carbonyl (C=O) groups excluding carboxylic acids is 1. The summed E-state index contributed by atoms with van der Waals surface area (Å²) >= 11 is 0. The van der Waals surface area contributed by atoms with Crippen molar-refractivity contribution in [1.82, 2.24) is 9.88 Å². The minimum Gasteiger partial charge on any atom is -0.469 e. The number of pyridine rings is 1. The van der Waals surface area contributed by atoms with Crippen molar-refractivity contribution in [2.24, 2.45) is 0 Å². The fraction of sp³-hybridized carbons (Fsp3) is 0.571. The topological polar surface area (TPSA) is 45.7 Å². The van der Waals surface area contributed by atoms with Crippen molar-refractivity contribution < 1.29 is 9.53 Å². The molecule has 5 nitrogen and oxygen atoms in total. The summed E-state index contributed by atoms with van der Waals surface area (Å²) in [5.74, 6) is 0.840. The molecule has 0 unspecified atom stereocenters. The monoisotopic (exact) mass is 263 g/mol. The molecule has 0 spiro atoms. The zero-order valence-electron chi connectivity index (χ0n) is 11.6. The second-order valence-corrected chi connectivity index (χ2v) is 4.85. The molecule has 2 heterocycles. The van der Waals surface area contributed by atoms with E-state index in [1.165, 1.54) is 7.11 Å². The number of likely N-dealkylation sites (N-methyl/N-ethyl adjacent to an activating group) is 1. The van der Waals surface area contributed by atoms with Crippen LogP contribution < -0.4 is 4.90 Å². The molecule has 0 N–H and O–H groups in total. The van der Waals surface area contributed by atoms with E-state index in [1.54, 1.807) is 0 Å². The first-order chi connectivity index (χ1) is 9.20. The molecule has 0 atom stereocenters. The Morgan fingerprint density at radius 1 is 1.37 bits per heavy atom. The Morgan fingerprint density at radius 3 is 2.79 bits per heavy atom. The quantitative estimate of drug-likeness (QED) is 0.757. The van der Waals surface area contributed by atoms with Crippen LogP contribution in [0.5, 0.6) is 0 Å². The van der Waals surface area contributed by atoms with Gasteiger partial charge in [-0.3, -0.25) is 4.79 Å². The lowest BCUT2D eigenvalue weighted by molar-refractivity contribution is -0.140. The van der Waals surface area contributed by atoms with E-state index >= 15 is 0 Å². The van der Waals surface area contributed by atoms with Crippen LogP contribution >= 0.6 is 0 Å². The van der Waals surface area contributed by atoms with Crippen molar-refractivity contribution >= 4 is 11.8 Å². The zero-order valence-corrected chi connectivity index (χ0v) is 11.6. The summed E-state index contributed by atoms with van der Waals surface area (Å²) in [7, 11) is 3.56. The van der Waals surface area contributed by atoms with E-state index < -0.39 is 0 Å². The Bertz CT molecular complexity index is 428. The number of methoxy groups -OCH3 is 1. The normalized spacial score (nSPS) is 16.4. The number of hydrogen-bond donors (Lipinski definition) is 0. The second kappa shape index (κ2) is 6.52. The van der Waals surface area contributed by atoms with Gasteiger partial charge in [-0.05, 0) is 25.1 Å². The molecule has 5 heteroatoms. The van der Waals surface area contributed by atoms with Crippen molar-refractivity contribution in [3.63, 3.8) is 0 Å². The van der Waals surface area contributed by atoms with Gasteiger partial charge in [0.05, 0.1) is 7.11 Å². The maximum atomic E-state index is 11.3. The van der Waals surface area contributed by atoms with E-state index in [9.17, 15) is 4.79 Å². The highest BCUT2D eigenvalue weighted by molar-refractivity contribution is 5.69. The smallest absolute Gasteiger partial charge is 0.305 e. The third-order valence-corrected chi connectivity index (χ3v) is 3.50. The number of piperazine rings is 1. The van der Waals surface area contributed by atoms with Gasteiger partial charge >= 0.3 is 5.97 Å². The van der Waals surface area contributed by atoms with Crippen LogP contribution in [0.4, 0.5) is 5.82 Å². The highest BCUT2D eigenvalue weighted by atomic mass is 16.5. The average Bonchev–Trinajstić information content (AvgIpc) is 2.46. The summed E-state index contributed by atoms with van der Waals surface area (Å²) in [5, 5.41) is 0. The maximum absolute atomic E-state index is 11.3. The predicted octanol–water partition coefficient (Wildman–Crippen LogP) is 0.939. The number of aromatic nitrogens is 1. The van der Waals surface area contributed by atoms with Gasteiger partial charge < -0.3 is 14.5 Å². The van der Waals surface area contributed by atoms with Crippen LogP contribution in [0.2, 0.25) is 0 Å². The van der Waals surface area contributed by atoms with E-state index in [2.05, 4.69) is 21.8 Å². The van der Waals surface area contributed by atoms with Crippen molar-refractivity contribution in [3.05, 3.63) is 23.9 Å². The Hall–Kier alpha value is -1.62. The van der Waals surface area contributed by atoms with Gasteiger partial charge in [-0.2, -0.15) is 0 Å². The molecule has 1 aliphatic heterocycles. The second-order valence-electron chi connectivity index (χ2n) is 4.85. The van der Waals surface area contributed by atoms with Gasteiger partial charge in [-0.1, -0.05) is 6.07 Å². The zero-order chi connectivity index (χ0) is 13.7. The Kier molecular flexibility index (Phi) is 4.74. The van der Waals surface area contributed by atoms with E-state index in [0.717, 1.165) is 37.6 Å². The van der Waals surface area contributed by atoms with Crippen molar-refractivity contribution in [1.29, 1.82) is 0 Å². The van der Waals surface area contributed by atoms with Gasteiger partial charge in [-0.25, -0.2) is 4.98 Å². The number of hydrogen-bond acceptors (Lipinski definition) is 5. The van der Waals surface area contributed by atoms with Crippen molar-refractivity contribution in [2.45, 2.75) is 12.8 Å². The first-order valence-corrected chi connectivity index (χ1v) is 6.65. The molecule has 0 bridgehead atoms. The lowest BCUT2D eigenvalue weighted by Gasteiger charge is -2.34. The summed E-state index contributed by atoms with van der Waals surface area (Å²) in [6, 6.07) is 3.97. The molecule has 1 saturated heterocycles. The third-order valence-electron chi connectivity index (χ3n) is 3.50. The summed E-state index contributed by atoms with van der Waals surface area (Å²) in [4.78, 5) is 20.4. The molecule has 1 aromatic heterocycles. The minimum absolute atomic E-state index is 0.173.